The number of hydrogen-bond donors (Lipinski definition) is 1. The van der Waals surface area contributed by atoms with E-state index in [2.05, 4.69) is 37.2 Å². The van der Waals surface area contributed by atoms with E-state index in [4.69, 9.17) is 4.74 Å². The van der Waals surface area contributed by atoms with E-state index in [-0.39, 0.29) is 5.82 Å². The van der Waals surface area contributed by atoms with Crippen LogP contribution in [-0.2, 0) is 6.54 Å². The molecular formula is C14H12Br2FNO. The van der Waals surface area contributed by atoms with Crippen LogP contribution in [-0.4, -0.2) is 7.05 Å². The number of hydrogen-bond acceptors (Lipinski definition) is 2. The summed E-state index contributed by atoms with van der Waals surface area (Å²) in [7, 11) is 1.90. The molecule has 0 radical (unpaired) electrons. The lowest BCUT2D eigenvalue weighted by atomic mass is 10.2. The highest BCUT2D eigenvalue weighted by Crippen LogP contribution is 2.32. The maximum Gasteiger partial charge on any atom is 0.141 e. The summed E-state index contributed by atoms with van der Waals surface area (Å²) in [6, 6.07) is 10.1. The smallest absolute Gasteiger partial charge is 0.141 e. The fourth-order valence-corrected chi connectivity index (χ4v) is 2.54. The molecule has 0 aliphatic rings. The van der Waals surface area contributed by atoms with E-state index in [9.17, 15) is 4.39 Å². The van der Waals surface area contributed by atoms with Crippen LogP contribution in [0.15, 0.2) is 45.3 Å². The summed E-state index contributed by atoms with van der Waals surface area (Å²) in [6.07, 6.45) is 0. The van der Waals surface area contributed by atoms with Crippen LogP contribution in [0.2, 0.25) is 0 Å². The molecule has 1 N–H and O–H groups in total. The molecule has 0 saturated heterocycles. The van der Waals surface area contributed by atoms with Gasteiger partial charge in [-0.1, -0.05) is 22.0 Å². The summed E-state index contributed by atoms with van der Waals surface area (Å²) in [6.45, 7) is 0.779. The van der Waals surface area contributed by atoms with E-state index in [1.165, 1.54) is 12.1 Å². The van der Waals surface area contributed by atoms with Gasteiger partial charge in [0.2, 0.25) is 0 Å². The summed E-state index contributed by atoms with van der Waals surface area (Å²) >= 11 is 6.78. The fourth-order valence-electron chi connectivity index (χ4n) is 1.61. The van der Waals surface area contributed by atoms with Gasteiger partial charge in [-0.3, -0.25) is 0 Å². The third-order valence-electron chi connectivity index (χ3n) is 2.51. The fraction of sp³-hybridized carbons (Fsp3) is 0.143. The van der Waals surface area contributed by atoms with Crippen molar-refractivity contribution in [1.29, 1.82) is 0 Å². The van der Waals surface area contributed by atoms with Crippen LogP contribution in [0.25, 0.3) is 0 Å². The zero-order valence-electron chi connectivity index (χ0n) is 10.2. The monoisotopic (exact) mass is 387 g/mol. The number of nitrogens with one attached hydrogen (secondary N) is 1. The minimum Gasteiger partial charge on any atom is -0.456 e. The first-order valence-corrected chi connectivity index (χ1v) is 7.24. The molecule has 2 aromatic carbocycles. The minimum atomic E-state index is -0.301. The summed E-state index contributed by atoms with van der Waals surface area (Å²) < 4.78 is 20.3. The van der Waals surface area contributed by atoms with E-state index in [0.717, 1.165) is 16.6 Å². The topological polar surface area (TPSA) is 21.3 Å². The van der Waals surface area contributed by atoms with Crippen LogP contribution in [0.5, 0.6) is 11.5 Å². The normalized spacial score (nSPS) is 10.5. The van der Waals surface area contributed by atoms with Crippen molar-refractivity contribution in [3.05, 3.63) is 56.7 Å². The maximum atomic E-state index is 13.0. The molecule has 100 valence electrons. The Balaban J connectivity index is 2.21. The van der Waals surface area contributed by atoms with Crippen LogP contribution in [0.3, 0.4) is 0 Å². The highest BCUT2D eigenvalue weighted by molar-refractivity contribution is 9.10. The SMILES string of the molecule is CNCc1ccc(Oc2ccc(F)cc2Br)cc1Br. The first-order chi connectivity index (χ1) is 9.10. The van der Waals surface area contributed by atoms with Gasteiger partial charge in [0, 0.05) is 11.0 Å². The Morgan fingerprint density at radius 2 is 1.89 bits per heavy atom. The van der Waals surface area contributed by atoms with Crippen LogP contribution in [0.4, 0.5) is 4.39 Å². The van der Waals surface area contributed by atoms with Crippen LogP contribution in [0, 0.1) is 5.82 Å². The van der Waals surface area contributed by atoms with Crippen molar-refractivity contribution in [2.75, 3.05) is 7.05 Å². The van der Waals surface area contributed by atoms with Crippen LogP contribution < -0.4 is 10.1 Å². The van der Waals surface area contributed by atoms with E-state index in [0.29, 0.717) is 16.0 Å². The molecule has 0 fully saturated rings. The Labute approximate surface area is 128 Å². The highest BCUT2D eigenvalue weighted by atomic mass is 79.9. The molecule has 0 aromatic heterocycles. The van der Waals surface area contributed by atoms with Crippen molar-refractivity contribution in [2.45, 2.75) is 6.54 Å². The number of halogens is 3. The highest BCUT2D eigenvalue weighted by Gasteiger charge is 2.06. The van der Waals surface area contributed by atoms with Gasteiger partial charge in [-0.05, 0) is 58.9 Å². The van der Waals surface area contributed by atoms with Crippen LogP contribution in [0.1, 0.15) is 5.56 Å². The minimum absolute atomic E-state index is 0.301. The molecule has 0 unspecified atom stereocenters. The Hall–Kier alpha value is -0.910. The Morgan fingerprint density at radius 3 is 2.53 bits per heavy atom. The molecule has 2 nitrogen and oxygen atoms in total. The molecule has 19 heavy (non-hydrogen) atoms. The number of rotatable bonds is 4. The predicted octanol–water partition coefficient (Wildman–Crippen LogP) is 4.86. The zero-order valence-corrected chi connectivity index (χ0v) is 13.4. The predicted molar refractivity (Wildman–Crippen MR) is 81.1 cm³/mol. The molecule has 0 amide bonds. The van der Waals surface area contributed by atoms with Crippen molar-refractivity contribution >= 4 is 31.9 Å². The standard InChI is InChI=1S/C14H12Br2FNO/c1-18-8-9-2-4-11(7-12(9)15)19-14-5-3-10(17)6-13(14)16/h2-7,18H,8H2,1H3. The van der Waals surface area contributed by atoms with Gasteiger partial charge in [0.05, 0.1) is 4.47 Å². The first kappa shape index (κ1) is 14.5. The third-order valence-corrected chi connectivity index (χ3v) is 3.87. The van der Waals surface area contributed by atoms with Gasteiger partial charge < -0.3 is 10.1 Å². The van der Waals surface area contributed by atoms with Crippen LogP contribution >= 0.6 is 31.9 Å². The molecule has 0 aliphatic carbocycles. The van der Waals surface area contributed by atoms with Gasteiger partial charge >= 0.3 is 0 Å². The second kappa shape index (κ2) is 6.50. The third kappa shape index (κ3) is 3.78. The lowest BCUT2D eigenvalue weighted by Gasteiger charge is -2.10. The van der Waals surface area contributed by atoms with Gasteiger partial charge in [0.25, 0.3) is 0 Å². The van der Waals surface area contributed by atoms with Gasteiger partial charge in [-0.2, -0.15) is 0 Å². The summed E-state index contributed by atoms with van der Waals surface area (Å²) in [5, 5.41) is 3.09. The van der Waals surface area contributed by atoms with E-state index >= 15 is 0 Å². The average Bonchev–Trinajstić information content (AvgIpc) is 2.36. The van der Waals surface area contributed by atoms with Crippen molar-refractivity contribution in [3.8, 4) is 11.5 Å². The van der Waals surface area contributed by atoms with Gasteiger partial charge in [-0.15, -0.1) is 0 Å². The second-order valence-electron chi connectivity index (χ2n) is 3.96. The molecule has 0 heterocycles. The van der Waals surface area contributed by atoms with Crippen molar-refractivity contribution in [1.82, 2.24) is 5.32 Å². The lowest BCUT2D eigenvalue weighted by Crippen LogP contribution is -2.05. The molecule has 0 bridgehead atoms. The molecule has 0 atom stereocenters. The van der Waals surface area contributed by atoms with Gasteiger partial charge in [0.15, 0.2) is 0 Å². The zero-order chi connectivity index (χ0) is 13.8. The van der Waals surface area contributed by atoms with Crippen molar-refractivity contribution in [2.24, 2.45) is 0 Å². The number of benzene rings is 2. The number of ether oxygens (including phenoxy) is 1. The quantitative estimate of drug-likeness (QED) is 0.807. The molecular weight excluding hydrogens is 377 g/mol. The Morgan fingerprint density at radius 1 is 1.11 bits per heavy atom. The largest absolute Gasteiger partial charge is 0.456 e. The summed E-state index contributed by atoms with van der Waals surface area (Å²) in [5.74, 6) is 0.971. The lowest BCUT2D eigenvalue weighted by molar-refractivity contribution is 0.476. The Kier molecular flexibility index (Phi) is 4.96. The molecule has 5 heteroatoms. The molecule has 0 spiro atoms. The molecule has 2 aromatic rings. The van der Waals surface area contributed by atoms with E-state index < -0.39 is 0 Å². The maximum absolute atomic E-state index is 13.0. The van der Waals surface area contributed by atoms with E-state index in [1.54, 1.807) is 6.07 Å². The summed E-state index contributed by atoms with van der Waals surface area (Å²) in [4.78, 5) is 0. The average molecular weight is 389 g/mol. The van der Waals surface area contributed by atoms with Gasteiger partial charge in [0.1, 0.15) is 17.3 Å². The summed E-state index contributed by atoms with van der Waals surface area (Å²) in [5.41, 5.74) is 1.15. The van der Waals surface area contributed by atoms with E-state index in [1.807, 2.05) is 25.2 Å². The molecule has 0 saturated carbocycles. The first-order valence-electron chi connectivity index (χ1n) is 5.66. The molecule has 0 aliphatic heterocycles. The van der Waals surface area contributed by atoms with Crippen molar-refractivity contribution in [3.63, 3.8) is 0 Å². The Bertz CT molecular complexity index is 590. The second-order valence-corrected chi connectivity index (χ2v) is 5.67. The van der Waals surface area contributed by atoms with Gasteiger partial charge in [-0.25, -0.2) is 4.39 Å². The van der Waals surface area contributed by atoms with Crippen molar-refractivity contribution < 1.29 is 9.13 Å². The molecule has 2 rings (SSSR count).